The van der Waals surface area contributed by atoms with Crippen molar-refractivity contribution >= 4 is 0 Å². The van der Waals surface area contributed by atoms with Crippen LogP contribution in [0.1, 0.15) is 52.4 Å². The van der Waals surface area contributed by atoms with Gasteiger partial charge in [0.15, 0.2) is 0 Å². The number of nitrogens with one attached hydrogen (secondary N) is 1. The van der Waals surface area contributed by atoms with Gasteiger partial charge in [-0.15, -0.1) is 0 Å². The van der Waals surface area contributed by atoms with Crippen molar-refractivity contribution in [3.8, 4) is 0 Å². The summed E-state index contributed by atoms with van der Waals surface area (Å²) in [5.41, 5.74) is 0. The molecule has 1 aliphatic carbocycles. The standard InChI is InChI=1S/C14H26N2/c1-3-10-9-12-11-7-5-6-8-13(11)15-14(12)16(10)4-2/h10-15H,3-9H2,1-2H3. The van der Waals surface area contributed by atoms with E-state index in [0.29, 0.717) is 0 Å². The van der Waals surface area contributed by atoms with Crippen molar-refractivity contribution in [2.24, 2.45) is 11.8 Å². The fourth-order valence-corrected chi connectivity index (χ4v) is 4.63. The highest BCUT2D eigenvalue weighted by atomic mass is 15.3. The first-order valence-corrected chi connectivity index (χ1v) is 7.37. The molecule has 0 radical (unpaired) electrons. The van der Waals surface area contributed by atoms with E-state index in [4.69, 9.17) is 0 Å². The van der Waals surface area contributed by atoms with E-state index in [1.54, 1.807) is 0 Å². The van der Waals surface area contributed by atoms with Gasteiger partial charge in [-0.25, -0.2) is 0 Å². The zero-order valence-electron chi connectivity index (χ0n) is 10.8. The van der Waals surface area contributed by atoms with Crippen LogP contribution in [0.4, 0.5) is 0 Å². The summed E-state index contributed by atoms with van der Waals surface area (Å²) in [7, 11) is 0. The molecule has 2 saturated heterocycles. The van der Waals surface area contributed by atoms with E-state index in [1.165, 1.54) is 45.1 Å². The molecular weight excluding hydrogens is 196 g/mol. The monoisotopic (exact) mass is 222 g/mol. The van der Waals surface area contributed by atoms with Gasteiger partial charge in [0.25, 0.3) is 0 Å². The second-order valence-electron chi connectivity index (χ2n) is 5.96. The average molecular weight is 222 g/mol. The Morgan fingerprint density at radius 2 is 1.94 bits per heavy atom. The second-order valence-corrected chi connectivity index (χ2v) is 5.96. The first-order chi connectivity index (χ1) is 7.85. The molecule has 0 bridgehead atoms. The molecule has 2 heterocycles. The molecule has 0 aromatic heterocycles. The van der Waals surface area contributed by atoms with Gasteiger partial charge in [-0.3, -0.25) is 10.2 Å². The van der Waals surface area contributed by atoms with Gasteiger partial charge < -0.3 is 0 Å². The van der Waals surface area contributed by atoms with Gasteiger partial charge in [0.05, 0.1) is 6.17 Å². The molecule has 1 saturated carbocycles. The molecule has 0 amide bonds. The summed E-state index contributed by atoms with van der Waals surface area (Å²) in [5, 5.41) is 3.95. The summed E-state index contributed by atoms with van der Waals surface area (Å²) >= 11 is 0. The Balaban J connectivity index is 1.77. The molecule has 0 spiro atoms. The Morgan fingerprint density at radius 1 is 1.12 bits per heavy atom. The van der Waals surface area contributed by atoms with Crippen molar-refractivity contribution in [2.45, 2.75) is 70.6 Å². The number of nitrogens with zero attached hydrogens (tertiary/aromatic N) is 1. The maximum absolute atomic E-state index is 3.95. The lowest BCUT2D eigenvalue weighted by Gasteiger charge is -2.30. The molecule has 5 unspecified atom stereocenters. The predicted molar refractivity (Wildman–Crippen MR) is 67.2 cm³/mol. The van der Waals surface area contributed by atoms with Gasteiger partial charge in [-0.05, 0) is 44.1 Å². The SMILES string of the molecule is CCC1CC2C3CCCCC3NC2N1CC. The number of likely N-dealkylation sites (tertiary alicyclic amines) is 1. The molecule has 2 aliphatic heterocycles. The van der Waals surface area contributed by atoms with E-state index in [9.17, 15) is 0 Å². The molecule has 16 heavy (non-hydrogen) atoms. The van der Waals surface area contributed by atoms with Crippen LogP contribution in [0.15, 0.2) is 0 Å². The summed E-state index contributed by atoms with van der Waals surface area (Å²) in [6.45, 7) is 5.91. The molecule has 0 aromatic rings. The van der Waals surface area contributed by atoms with Crippen LogP contribution in [0.3, 0.4) is 0 Å². The molecule has 3 aliphatic rings. The highest BCUT2D eigenvalue weighted by Crippen LogP contribution is 2.46. The molecule has 3 rings (SSSR count). The van der Waals surface area contributed by atoms with Gasteiger partial charge in [0.1, 0.15) is 0 Å². The maximum atomic E-state index is 3.95. The van der Waals surface area contributed by atoms with Crippen molar-refractivity contribution in [1.29, 1.82) is 0 Å². The van der Waals surface area contributed by atoms with Crippen molar-refractivity contribution in [3.05, 3.63) is 0 Å². The predicted octanol–water partition coefficient (Wildman–Crippen LogP) is 2.59. The van der Waals surface area contributed by atoms with Crippen LogP contribution in [-0.4, -0.2) is 29.7 Å². The summed E-state index contributed by atoms with van der Waals surface area (Å²) in [4.78, 5) is 2.74. The zero-order chi connectivity index (χ0) is 11.1. The lowest BCUT2D eigenvalue weighted by molar-refractivity contribution is 0.170. The fourth-order valence-electron chi connectivity index (χ4n) is 4.63. The highest BCUT2D eigenvalue weighted by Gasteiger charge is 2.51. The number of hydrogen-bond donors (Lipinski definition) is 1. The zero-order valence-corrected chi connectivity index (χ0v) is 10.8. The second kappa shape index (κ2) is 4.30. The van der Waals surface area contributed by atoms with E-state index in [2.05, 4.69) is 24.1 Å². The third-order valence-electron chi connectivity index (χ3n) is 5.37. The van der Waals surface area contributed by atoms with Crippen LogP contribution in [0.2, 0.25) is 0 Å². The van der Waals surface area contributed by atoms with Gasteiger partial charge in [0.2, 0.25) is 0 Å². The van der Waals surface area contributed by atoms with Crippen molar-refractivity contribution in [3.63, 3.8) is 0 Å². The number of fused-ring (bicyclic) bond motifs is 3. The third kappa shape index (κ3) is 1.53. The topological polar surface area (TPSA) is 15.3 Å². The summed E-state index contributed by atoms with van der Waals surface area (Å²) in [6.07, 6.45) is 9.39. The molecule has 0 aromatic carbocycles. The van der Waals surface area contributed by atoms with Crippen LogP contribution in [-0.2, 0) is 0 Å². The van der Waals surface area contributed by atoms with Crippen LogP contribution in [0.5, 0.6) is 0 Å². The first-order valence-electron chi connectivity index (χ1n) is 7.37. The normalized spacial score (nSPS) is 48.0. The molecule has 1 N–H and O–H groups in total. The van der Waals surface area contributed by atoms with Crippen LogP contribution >= 0.6 is 0 Å². The summed E-state index contributed by atoms with van der Waals surface area (Å²) in [5.74, 6) is 1.97. The van der Waals surface area contributed by atoms with Crippen molar-refractivity contribution in [2.75, 3.05) is 6.54 Å². The van der Waals surface area contributed by atoms with Crippen LogP contribution in [0.25, 0.3) is 0 Å². The minimum absolute atomic E-state index is 0.725. The van der Waals surface area contributed by atoms with Gasteiger partial charge in [-0.2, -0.15) is 0 Å². The fraction of sp³-hybridized carbons (Fsp3) is 1.00. The summed E-state index contributed by atoms with van der Waals surface area (Å²) in [6, 6.07) is 1.71. The van der Waals surface area contributed by atoms with Crippen molar-refractivity contribution < 1.29 is 0 Å². The summed E-state index contributed by atoms with van der Waals surface area (Å²) < 4.78 is 0. The Bertz CT molecular complexity index is 241. The largest absolute Gasteiger partial charge is 0.298 e. The van der Waals surface area contributed by atoms with E-state index in [-0.39, 0.29) is 0 Å². The Kier molecular flexibility index (Phi) is 2.97. The Hall–Kier alpha value is -0.0800. The minimum Gasteiger partial charge on any atom is -0.298 e. The van der Waals surface area contributed by atoms with Gasteiger partial charge in [-0.1, -0.05) is 26.7 Å². The Labute approximate surface area is 99.8 Å². The first kappa shape index (κ1) is 11.0. The smallest absolute Gasteiger partial charge is 0.0634 e. The highest BCUT2D eigenvalue weighted by molar-refractivity contribution is 5.04. The third-order valence-corrected chi connectivity index (χ3v) is 5.37. The lowest BCUT2D eigenvalue weighted by Crippen LogP contribution is -2.45. The average Bonchev–Trinajstić information content (AvgIpc) is 2.83. The van der Waals surface area contributed by atoms with E-state index in [0.717, 1.165) is 30.1 Å². The van der Waals surface area contributed by atoms with E-state index >= 15 is 0 Å². The molecular formula is C14H26N2. The number of hydrogen-bond acceptors (Lipinski definition) is 2. The van der Waals surface area contributed by atoms with E-state index in [1.807, 2.05) is 0 Å². The molecule has 2 nitrogen and oxygen atoms in total. The van der Waals surface area contributed by atoms with Gasteiger partial charge >= 0.3 is 0 Å². The minimum atomic E-state index is 0.725. The van der Waals surface area contributed by atoms with Crippen molar-refractivity contribution in [1.82, 2.24) is 10.2 Å². The molecule has 92 valence electrons. The van der Waals surface area contributed by atoms with Crippen LogP contribution in [0, 0.1) is 11.8 Å². The van der Waals surface area contributed by atoms with E-state index < -0.39 is 0 Å². The quantitative estimate of drug-likeness (QED) is 0.772. The molecule has 2 heteroatoms. The molecule has 3 fully saturated rings. The lowest BCUT2D eigenvalue weighted by atomic mass is 9.78. The Morgan fingerprint density at radius 3 is 2.69 bits per heavy atom. The van der Waals surface area contributed by atoms with Gasteiger partial charge in [0, 0.05) is 12.1 Å². The maximum Gasteiger partial charge on any atom is 0.0634 e. The molecule has 5 atom stereocenters. The number of rotatable bonds is 2. The van der Waals surface area contributed by atoms with Crippen LogP contribution < -0.4 is 5.32 Å².